The molecule has 1 N–H and O–H groups in total. The maximum atomic E-state index is 12.1. The summed E-state index contributed by atoms with van der Waals surface area (Å²) in [5.74, 6) is -0.216. The van der Waals surface area contributed by atoms with Gasteiger partial charge in [0.25, 0.3) is 0 Å². The van der Waals surface area contributed by atoms with Crippen molar-refractivity contribution in [3.63, 3.8) is 0 Å². The highest BCUT2D eigenvalue weighted by Crippen LogP contribution is 2.13. The van der Waals surface area contributed by atoms with E-state index in [4.69, 9.17) is 25.3 Å². The molecule has 0 aliphatic rings. The third kappa shape index (κ3) is 4.28. The lowest BCUT2D eigenvalue weighted by Crippen LogP contribution is -2.23. The maximum absolute atomic E-state index is 12.1. The molecule has 0 atom stereocenters. The van der Waals surface area contributed by atoms with E-state index in [1.54, 1.807) is 25.1 Å². The number of carbonyl (C=O) groups is 1. The molecule has 0 radical (unpaired) electrons. The Labute approximate surface area is 152 Å². The molecule has 0 saturated heterocycles. The van der Waals surface area contributed by atoms with E-state index in [2.05, 4.69) is 15.5 Å². The highest BCUT2D eigenvalue weighted by Gasteiger charge is 2.16. The fourth-order valence-corrected chi connectivity index (χ4v) is 2.33. The second-order valence-electron chi connectivity index (χ2n) is 5.29. The number of amides is 1. The van der Waals surface area contributed by atoms with Gasteiger partial charge >= 0.3 is 11.8 Å². The molecule has 0 unspecified atom stereocenters. The van der Waals surface area contributed by atoms with Crippen LogP contribution < -0.4 is 15.5 Å². The molecule has 0 aliphatic heterocycles. The highest BCUT2D eigenvalue weighted by molar-refractivity contribution is 6.30. The van der Waals surface area contributed by atoms with Gasteiger partial charge < -0.3 is 19.0 Å². The van der Waals surface area contributed by atoms with Gasteiger partial charge in [-0.1, -0.05) is 28.9 Å². The molecule has 0 aliphatic carbocycles. The van der Waals surface area contributed by atoms with Gasteiger partial charge in [-0.05, 0) is 24.6 Å². The van der Waals surface area contributed by atoms with Crippen molar-refractivity contribution in [2.24, 2.45) is 0 Å². The smallest absolute Gasteiger partial charge is 0.316 e. The molecular formula is C17H14ClN3O5. The molecule has 134 valence electrons. The highest BCUT2D eigenvalue weighted by atomic mass is 35.5. The fourth-order valence-electron chi connectivity index (χ4n) is 2.12. The number of aryl methyl sites for hydroxylation is 1. The summed E-state index contributed by atoms with van der Waals surface area (Å²) in [6.45, 7) is 1.72. The number of carbonyl (C=O) groups excluding carboxylic acids is 1. The molecule has 8 nitrogen and oxygen atoms in total. The van der Waals surface area contributed by atoms with Crippen LogP contribution in [0.25, 0.3) is 0 Å². The summed E-state index contributed by atoms with van der Waals surface area (Å²) in [5, 5.41) is 6.88. The third-order valence-electron chi connectivity index (χ3n) is 3.36. The van der Waals surface area contributed by atoms with Crippen LogP contribution in [-0.2, 0) is 13.2 Å². The average Bonchev–Trinajstić information content (AvgIpc) is 3.08. The minimum Gasteiger partial charge on any atom is -0.478 e. The molecule has 2 aromatic heterocycles. The van der Waals surface area contributed by atoms with Crippen LogP contribution in [0.5, 0.6) is 5.75 Å². The molecule has 0 spiro atoms. The minimum absolute atomic E-state index is 0.0595. The molecule has 9 heteroatoms. The topological polar surface area (TPSA) is 107 Å². The van der Waals surface area contributed by atoms with Crippen LogP contribution in [0.4, 0.5) is 0 Å². The van der Waals surface area contributed by atoms with Crippen LogP contribution in [0.3, 0.4) is 0 Å². The van der Waals surface area contributed by atoms with Crippen molar-refractivity contribution in [3.05, 3.63) is 74.9 Å². The van der Waals surface area contributed by atoms with Crippen molar-refractivity contribution in [3.8, 4) is 5.75 Å². The molecular weight excluding hydrogens is 362 g/mol. The molecule has 1 aromatic carbocycles. The van der Waals surface area contributed by atoms with Crippen LogP contribution in [0.1, 0.15) is 27.8 Å². The number of nitrogens with zero attached hydrogens (tertiary/aromatic N) is 2. The summed E-state index contributed by atoms with van der Waals surface area (Å²) >= 11 is 5.89. The third-order valence-corrected chi connectivity index (χ3v) is 3.59. The molecule has 2 heterocycles. The molecule has 3 rings (SSSR count). The monoisotopic (exact) mass is 375 g/mol. The van der Waals surface area contributed by atoms with Crippen molar-refractivity contribution in [2.45, 2.75) is 20.1 Å². The first-order valence-electron chi connectivity index (χ1n) is 7.59. The first kappa shape index (κ1) is 17.7. The van der Waals surface area contributed by atoms with Crippen molar-refractivity contribution < 1.29 is 18.5 Å². The number of aromatic nitrogens is 2. The zero-order chi connectivity index (χ0) is 18.5. The number of halogens is 1. The molecule has 0 bridgehead atoms. The average molecular weight is 376 g/mol. The van der Waals surface area contributed by atoms with Gasteiger partial charge in [0, 0.05) is 17.6 Å². The quantitative estimate of drug-likeness (QED) is 0.705. The van der Waals surface area contributed by atoms with E-state index >= 15 is 0 Å². The number of benzene rings is 1. The first-order valence-corrected chi connectivity index (χ1v) is 7.97. The maximum Gasteiger partial charge on any atom is 0.316 e. The van der Waals surface area contributed by atoms with E-state index < -0.39 is 5.91 Å². The van der Waals surface area contributed by atoms with E-state index in [9.17, 15) is 9.59 Å². The molecule has 0 saturated carbocycles. The van der Waals surface area contributed by atoms with Gasteiger partial charge in [-0.15, -0.1) is 0 Å². The van der Waals surface area contributed by atoms with Gasteiger partial charge in [0.15, 0.2) is 6.61 Å². The van der Waals surface area contributed by atoms with Crippen LogP contribution in [-0.4, -0.2) is 16.0 Å². The molecule has 1 amide bonds. The number of hydrogen-bond acceptors (Lipinski definition) is 7. The Morgan fingerprint density at radius 3 is 2.96 bits per heavy atom. The summed E-state index contributed by atoms with van der Waals surface area (Å²) in [5.41, 5.74) is 0.511. The van der Waals surface area contributed by atoms with Gasteiger partial charge in [-0.2, -0.15) is 4.98 Å². The lowest BCUT2D eigenvalue weighted by molar-refractivity contribution is 0.0907. The van der Waals surface area contributed by atoms with E-state index in [1.807, 2.05) is 6.07 Å². The van der Waals surface area contributed by atoms with Crippen molar-refractivity contribution in [1.29, 1.82) is 0 Å². The molecule has 0 fully saturated rings. The number of hydrogen-bond donors (Lipinski definition) is 1. The number of ether oxygens (including phenoxy) is 1. The summed E-state index contributed by atoms with van der Waals surface area (Å²) in [7, 11) is 0. The predicted molar refractivity (Wildman–Crippen MR) is 91.0 cm³/mol. The summed E-state index contributed by atoms with van der Waals surface area (Å²) in [4.78, 5) is 27.7. The van der Waals surface area contributed by atoms with Crippen molar-refractivity contribution in [2.75, 3.05) is 0 Å². The summed E-state index contributed by atoms with van der Waals surface area (Å²) < 4.78 is 15.3. The van der Waals surface area contributed by atoms with E-state index in [0.29, 0.717) is 10.8 Å². The van der Waals surface area contributed by atoms with Crippen LogP contribution in [0.2, 0.25) is 5.02 Å². The Hall–Kier alpha value is -3.13. The predicted octanol–water partition coefficient (Wildman–Crippen LogP) is 2.49. The van der Waals surface area contributed by atoms with E-state index in [1.165, 1.54) is 12.3 Å². The van der Waals surface area contributed by atoms with Crippen LogP contribution in [0.15, 0.2) is 50.3 Å². The Balaban J connectivity index is 1.58. The second kappa shape index (κ2) is 7.83. The zero-order valence-corrected chi connectivity index (χ0v) is 14.4. The van der Waals surface area contributed by atoms with Gasteiger partial charge in [-0.3, -0.25) is 9.59 Å². The minimum atomic E-state index is -0.529. The largest absolute Gasteiger partial charge is 0.478 e. The van der Waals surface area contributed by atoms with Gasteiger partial charge in [0.2, 0.25) is 17.0 Å². The molecule has 3 aromatic rings. The van der Waals surface area contributed by atoms with Crippen LogP contribution in [0, 0.1) is 6.92 Å². The Kier molecular flexibility index (Phi) is 5.33. The normalized spacial score (nSPS) is 10.5. The second-order valence-corrected chi connectivity index (χ2v) is 5.72. The molecule has 26 heavy (non-hydrogen) atoms. The lowest BCUT2D eigenvalue weighted by atomic mass is 10.2. The standard InChI is InChI=1S/C17H14ClN3O5/c1-10-15(13(22)5-6-24-10)25-9-14-20-17(26-21-14)16(23)19-8-11-3-2-4-12(18)7-11/h2-7H,8-9H2,1H3,(H,19,23). The first-order chi connectivity index (χ1) is 12.5. The summed E-state index contributed by atoms with van der Waals surface area (Å²) in [6.07, 6.45) is 1.28. The zero-order valence-electron chi connectivity index (χ0n) is 13.7. The lowest BCUT2D eigenvalue weighted by Gasteiger charge is -2.03. The Morgan fingerprint density at radius 1 is 1.35 bits per heavy atom. The van der Waals surface area contributed by atoms with Gasteiger partial charge in [0.1, 0.15) is 5.76 Å². The van der Waals surface area contributed by atoms with Crippen LogP contribution >= 0.6 is 11.6 Å². The Morgan fingerprint density at radius 2 is 2.19 bits per heavy atom. The Bertz CT molecular complexity index is 982. The number of nitrogens with one attached hydrogen (secondary N) is 1. The van der Waals surface area contributed by atoms with Crippen molar-refractivity contribution >= 4 is 17.5 Å². The number of rotatable bonds is 6. The van der Waals surface area contributed by atoms with Gasteiger partial charge in [-0.25, -0.2) is 0 Å². The van der Waals surface area contributed by atoms with Crippen molar-refractivity contribution in [1.82, 2.24) is 15.5 Å². The fraction of sp³-hybridized carbons (Fsp3) is 0.176. The van der Waals surface area contributed by atoms with Gasteiger partial charge in [0.05, 0.1) is 6.26 Å². The SMILES string of the molecule is Cc1occc(=O)c1OCc1noc(C(=O)NCc2cccc(Cl)c2)n1. The van der Waals surface area contributed by atoms with E-state index in [-0.39, 0.29) is 36.0 Å². The summed E-state index contributed by atoms with van der Waals surface area (Å²) in [6, 6.07) is 8.34. The van der Waals surface area contributed by atoms with E-state index in [0.717, 1.165) is 5.56 Å².